The lowest BCUT2D eigenvalue weighted by Crippen LogP contribution is -2.30. The van der Waals surface area contributed by atoms with Gasteiger partial charge in [0.05, 0.1) is 18.7 Å². The summed E-state index contributed by atoms with van der Waals surface area (Å²) in [6, 6.07) is 30.7. The summed E-state index contributed by atoms with van der Waals surface area (Å²) in [5, 5.41) is 4.87. The third kappa shape index (κ3) is 7.07. The van der Waals surface area contributed by atoms with Gasteiger partial charge in [0.25, 0.3) is 5.91 Å². The Bertz CT molecular complexity index is 1380. The molecule has 4 aromatic rings. The molecule has 0 spiro atoms. The Kier molecular flexibility index (Phi) is 9.24. The van der Waals surface area contributed by atoms with Crippen molar-refractivity contribution < 1.29 is 19.1 Å². The van der Waals surface area contributed by atoms with E-state index in [9.17, 15) is 14.4 Å². The second-order valence-electron chi connectivity index (χ2n) is 8.98. The first-order chi connectivity index (χ1) is 18.5. The summed E-state index contributed by atoms with van der Waals surface area (Å²) in [6.45, 7) is 2.80. The normalized spacial score (nSPS) is 10.7. The fraction of sp³-hybridized carbons (Fsp3) is 0.219. The molecule has 0 bridgehead atoms. The zero-order valence-corrected chi connectivity index (χ0v) is 21.6. The molecule has 0 heterocycles. The molecule has 0 unspecified atom stereocenters. The highest BCUT2D eigenvalue weighted by atomic mass is 16.5. The number of benzene rings is 4. The Morgan fingerprint density at radius 3 is 2.26 bits per heavy atom. The predicted molar refractivity (Wildman–Crippen MR) is 151 cm³/mol. The maximum absolute atomic E-state index is 13.3. The molecule has 4 aromatic carbocycles. The van der Waals surface area contributed by atoms with Crippen LogP contribution in [0.15, 0.2) is 97.1 Å². The molecular weight excluding hydrogens is 476 g/mol. The Morgan fingerprint density at radius 2 is 1.50 bits per heavy atom. The minimum Gasteiger partial charge on any atom is -0.466 e. The number of hydrogen-bond acceptors (Lipinski definition) is 4. The van der Waals surface area contributed by atoms with E-state index in [-0.39, 0.29) is 30.6 Å². The van der Waals surface area contributed by atoms with Crippen LogP contribution in [0.4, 0.5) is 11.4 Å². The molecule has 38 heavy (non-hydrogen) atoms. The van der Waals surface area contributed by atoms with E-state index in [2.05, 4.69) is 5.32 Å². The van der Waals surface area contributed by atoms with Crippen molar-refractivity contribution >= 4 is 39.9 Å². The van der Waals surface area contributed by atoms with Crippen LogP contribution in [-0.4, -0.2) is 30.9 Å². The van der Waals surface area contributed by atoms with Gasteiger partial charge in [-0.05, 0) is 61.0 Å². The molecular formula is C32H32N2O4. The molecule has 1 N–H and O–H groups in total. The lowest BCUT2D eigenvalue weighted by atomic mass is 10.1. The van der Waals surface area contributed by atoms with Crippen LogP contribution in [0.5, 0.6) is 0 Å². The fourth-order valence-corrected chi connectivity index (χ4v) is 4.34. The van der Waals surface area contributed by atoms with Crippen LogP contribution >= 0.6 is 0 Å². The standard InChI is InChI=1S/C32H32N2O4/c1-2-34(29-16-8-14-25-13-6-7-15-28(25)29)32(37)26-17-19-27(20-18-26)33-30(35)21-22-31(36)38-23-9-12-24-10-4-3-5-11-24/h3-8,10-11,13-20H,2,9,12,21-23H2,1H3,(H,33,35). The van der Waals surface area contributed by atoms with E-state index in [1.165, 1.54) is 5.56 Å². The maximum atomic E-state index is 13.3. The fourth-order valence-electron chi connectivity index (χ4n) is 4.34. The largest absolute Gasteiger partial charge is 0.466 e. The Hall–Kier alpha value is -4.45. The summed E-state index contributed by atoms with van der Waals surface area (Å²) in [4.78, 5) is 39.4. The SMILES string of the molecule is CCN(C(=O)c1ccc(NC(=O)CCC(=O)OCCCc2ccccc2)cc1)c1cccc2ccccc12. The summed E-state index contributed by atoms with van der Waals surface area (Å²) < 4.78 is 5.24. The molecule has 0 radical (unpaired) electrons. The number of nitrogens with one attached hydrogen (secondary N) is 1. The lowest BCUT2D eigenvalue weighted by molar-refractivity contribution is -0.144. The number of hydrogen-bond donors (Lipinski definition) is 1. The number of fused-ring (bicyclic) bond motifs is 1. The van der Waals surface area contributed by atoms with Crippen molar-refractivity contribution in [2.45, 2.75) is 32.6 Å². The predicted octanol–water partition coefficient (Wildman–Crippen LogP) is 6.40. The van der Waals surface area contributed by atoms with E-state index in [1.54, 1.807) is 29.2 Å². The Morgan fingerprint density at radius 1 is 0.789 bits per heavy atom. The van der Waals surface area contributed by atoms with Gasteiger partial charge in [-0.25, -0.2) is 0 Å². The molecule has 6 heteroatoms. The van der Waals surface area contributed by atoms with Gasteiger partial charge in [-0.15, -0.1) is 0 Å². The van der Waals surface area contributed by atoms with Crippen LogP contribution in [0, 0.1) is 0 Å². The van der Waals surface area contributed by atoms with E-state index in [0.717, 1.165) is 29.3 Å². The smallest absolute Gasteiger partial charge is 0.306 e. The molecule has 0 aliphatic rings. The number of carbonyl (C=O) groups is 3. The lowest BCUT2D eigenvalue weighted by Gasteiger charge is -2.23. The van der Waals surface area contributed by atoms with Gasteiger partial charge in [-0.3, -0.25) is 14.4 Å². The van der Waals surface area contributed by atoms with Gasteiger partial charge in [0.1, 0.15) is 0 Å². The van der Waals surface area contributed by atoms with Crippen molar-refractivity contribution in [1.82, 2.24) is 0 Å². The number of esters is 1. The highest BCUT2D eigenvalue weighted by Gasteiger charge is 2.18. The first kappa shape index (κ1) is 26.6. The highest BCUT2D eigenvalue weighted by Crippen LogP contribution is 2.28. The van der Waals surface area contributed by atoms with Gasteiger partial charge < -0.3 is 15.0 Å². The van der Waals surface area contributed by atoms with Crippen LogP contribution in [0.25, 0.3) is 10.8 Å². The van der Waals surface area contributed by atoms with Crippen molar-refractivity contribution in [2.24, 2.45) is 0 Å². The van der Waals surface area contributed by atoms with E-state index >= 15 is 0 Å². The zero-order valence-electron chi connectivity index (χ0n) is 21.6. The summed E-state index contributed by atoms with van der Waals surface area (Å²) in [5.41, 5.74) is 3.15. The number of amides is 2. The monoisotopic (exact) mass is 508 g/mol. The average molecular weight is 509 g/mol. The average Bonchev–Trinajstić information content (AvgIpc) is 2.95. The quantitative estimate of drug-likeness (QED) is 0.188. The second-order valence-corrected chi connectivity index (χ2v) is 8.98. The Labute approximate surface area is 223 Å². The first-order valence-corrected chi connectivity index (χ1v) is 12.9. The van der Waals surface area contributed by atoms with Crippen molar-refractivity contribution in [3.63, 3.8) is 0 Å². The minimum atomic E-state index is -0.387. The van der Waals surface area contributed by atoms with Crippen LogP contribution in [0.1, 0.15) is 42.1 Å². The summed E-state index contributed by atoms with van der Waals surface area (Å²) >= 11 is 0. The maximum Gasteiger partial charge on any atom is 0.306 e. The number of rotatable bonds is 11. The molecule has 0 aromatic heterocycles. The number of anilines is 2. The van der Waals surface area contributed by atoms with Gasteiger partial charge in [0, 0.05) is 29.6 Å². The third-order valence-corrected chi connectivity index (χ3v) is 6.31. The van der Waals surface area contributed by atoms with Gasteiger partial charge in [0.15, 0.2) is 0 Å². The van der Waals surface area contributed by atoms with Crippen molar-refractivity contribution in [3.8, 4) is 0 Å². The van der Waals surface area contributed by atoms with Crippen LogP contribution in [0.2, 0.25) is 0 Å². The topological polar surface area (TPSA) is 75.7 Å². The number of ether oxygens (including phenoxy) is 1. The molecule has 0 saturated heterocycles. The number of carbonyl (C=O) groups excluding carboxylic acids is 3. The van der Waals surface area contributed by atoms with E-state index < -0.39 is 0 Å². The third-order valence-electron chi connectivity index (χ3n) is 6.31. The molecule has 0 aliphatic heterocycles. The van der Waals surface area contributed by atoms with Gasteiger partial charge in [-0.2, -0.15) is 0 Å². The van der Waals surface area contributed by atoms with Gasteiger partial charge in [0.2, 0.25) is 5.91 Å². The molecule has 0 aliphatic carbocycles. The molecule has 4 rings (SSSR count). The molecule has 0 saturated carbocycles. The summed E-state index contributed by atoms with van der Waals surface area (Å²) in [5.74, 6) is -0.782. The molecule has 0 fully saturated rings. The summed E-state index contributed by atoms with van der Waals surface area (Å²) in [6.07, 6.45) is 1.63. The highest BCUT2D eigenvalue weighted by molar-refractivity contribution is 6.11. The molecule has 6 nitrogen and oxygen atoms in total. The van der Waals surface area contributed by atoms with Crippen molar-refractivity contribution in [2.75, 3.05) is 23.4 Å². The van der Waals surface area contributed by atoms with Crippen LogP contribution in [-0.2, 0) is 20.7 Å². The Balaban J connectivity index is 1.25. The van der Waals surface area contributed by atoms with Crippen molar-refractivity contribution in [3.05, 3.63) is 108 Å². The first-order valence-electron chi connectivity index (χ1n) is 12.9. The van der Waals surface area contributed by atoms with E-state index in [0.29, 0.717) is 24.4 Å². The van der Waals surface area contributed by atoms with Crippen LogP contribution < -0.4 is 10.2 Å². The summed E-state index contributed by atoms with van der Waals surface area (Å²) in [7, 11) is 0. The van der Waals surface area contributed by atoms with Crippen molar-refractivity contribution in [1.29, 1.82) is 0 Å². The molecule has 0 atom stereocenters. The second kappa shape index (κ2) is 13.2. The minimum absolute atomic E-state index is 0.0181. The number of aryl methyl sites for hydroxylation is 1. The van der Waals surface area contributed by atoms with E-state index in [4.69, 9.17) is 4.74 Å². The van der Waals surface area contributed by atoms with Gasteiger partial charge >= 0.3 is 5.97 Å². The van der Waals surface area contributed by atoms with E-state index in [1.807, 2.05) is 79.7 Å². The molecule has 2 amide bonds. The zero-order chi connectivity index (χ0) is 26.7. The van der Waals surface area contributed by atoms with Gasteiger partial charge in [-0.1, -0.05) is 66.7 Å². The van der Waals surface area contributed by atoms with Crippen LogP contribution in [0.3, 0.4) is 0 Å². The molecule has 194 valence electrons. The number of nitrogens with zero attached hydrogens (tertiary/aromatic N) is 1.